The van der Waals surface area contributed by atoms with Crippen LogP contribution in [0.2, 0.25) is 5.02 Å². The average molecular weight is 486 g/mol. The van der Waals surface area contributed by atoms with Gasteiger partial charge in [-0.2, -0.15) is 0 Å². The molecule has 0 spiro atoms. The zero-order chi connectivity index (χ0) is 23.3. The first kappa shape index (κ1) is 22.5. The number of nitrogens with zero attached hydrogens (tertiary/aromatic N) is 3. The van der Waals surface area contributed by atoms with E-state index in [2.05, 4.69) is 11.8 Å². The van der Waals surface area contributed by atoms with Gasteiger partial charge in [-0.3, -0.25) is 9.59 Å². The van der Waals surface area contributed by atoms with Gasteiger partial charge in [0.25, 0.3) is 0 Å². The monoisotopic (exact) mass is 485 g/mol. The smallest absolute Gasteiger partial charge is 0.323 e. The molecule has 0 radical (unpaired) electrons. The van der Waals surface area contributed by atoms with Gasteiger partial charge >= 0.3 is 5.97 Å². The predicted octanol–water partition coefficient (Wildman–Crippen LogP) is 5.27. The van der Waals surface area contributed by atoms with Crippen molar-refractivity contribution < 1.29 is 9.90 Å². The van der Waals surface area contributed by atoms with Crippen molar-refractivity contribution in [1.29, 1.82) is 0 Å². The molecule has 174 valence electrons. The maximum Gasteiger partial charge on any atom is 0.323 e. The normalized spacial score (nSPS) is 20.2. The van der Waals surface area contributed by atoms with E-state index < -0.39 is 5.97 Å². The summed E-state index contributed by atoms with van der Waals surface area (Å²) >= 11 is 7.85. The SMILES string of the molecule is CSc1c(Cl)ccc2c(=O)c3ccc(N(CC4CC4)CC4CC(C)C4)nc3n(CC(=O)O)c12. The van der Waals surface area contributed by atoms with Gasteiger partial charge in [0, 0.05) is 18.5 Å². The van der Waals surface area contributed by atoms with Crippen molar-refractivity contribution in [2.24, 2.45) is 17.8 Å². The molecule has 6 nitrogen and oxygen atoms in total. The molecular weight excluding hydrogens is 458 g/mol. The van der Waals surface area contributed by atoms with Crippen LogP contribution in [0.5, 0.6) is 0 Å². The van der Waals surface area contributed by atoms with Crippen LogP contribution in [0.3, 0.4) is 0 Å². The molecule has 1 aromatic carbocycles. The first-order valence-corrected chi connectivity index (χ1v) is 13.1. The van der Waals surface area contributed by atoms with E-state index in [0.29, 0.717) is 43.7 Å². The zero-order valence-electron chi connectivity index (χ0n) is 18.9. The van der Waals surface area contributed by atoms with Gasteiger partial charge in [-0.1, -0.05) is 18.5 Å². The highest BCUT2D eigenvalue weighted by molar-refractivity contribution is 7.99. The van der Waals surface area contributed by atoms with Gasteiger partial charge < -0.3 is 14.6 Å². The first-order chi connectivity index (χ1) is 15.9. The summed E-state index contributed by atoms with van der Waals surface area (Å²) in [6.45, 7) is 3.92. The number of carboxylic acids is 1. The molecule has 2 fully saturated rings. The fourth-order valence-electron chi connectivity index (χ4n) is 5.13. The van der Waals surface area contributed by atoms with Gasteiger partial charge in [-0.15, -0.1) is 11.8 Å². The third-order valence-corrected chi connectivity index (χ3v) is 8.15. The number of hydrogen-bond donors (Lipinski definition) is 1. The van der Waals surface area contributed by atoms with E-state index in [-0.39, 0.29) is 12.0 Å². The second-order valence-electron chi connectivity index (χ2n) is 9.62. The van der Waals surface area contributed by atoms with Crippen LogP contribution in [0, 0.1) is 17.8 Å². The van der Waals surface area contributed by atoms with E-state index in [9.17, 15) is 14.7 Å². The Morgan fingerprint density at radius 3 is 2.52 bits per heavy atom. The van der Waals surface area contributed by atoms with Crippen molar-refractivity contribution in [2.75, 3.05) is 24.2 Å². The van der Waals surface area contributed by atoms with E-state index in [4.69, 9.17) is 16.6 Å². The molecule has 2 aromatic heterocycles. The molecule has 2 aliphatic rings. The number of benzene rings is 1. The summed E-state index contributed by atoms with van der Waals surface area (Å²) in [6.07, 6.45) is 6.84. The first-order valence-electron chi connectivity index (χ1n) is 11.5. The van der Waals surface area contributed by atoms with Gasteiger partial charge in [-0.25, -0.2) is 4.98 Å². The van der Waals surface area contributed by atoms with Crippen LogP contribution in [-0.4, -0.2) is 40.0 Å². The van der Waals surface area contributed by atoms with Crippen LogP contribution < -0.4 is 10.3 Å². The Morgan fingerprint density at radius 1 is 1.18 bits per heavy atom. The Kier molecular flexibility index (Phi) is 6.04. The molecule has 2 heterocycles. The molecule has 5 rings (SSSR count). The molecule has 0 saturated heterocycles. The molecule has 1 N–H and O–H groups in total. The number of pyridine rings is 2. The second-order valence-corrected chi connectivity index (χ2v) is 10.8. The van der Waals surface area contributed by atoms with Crippen LogP contribution in [0.15, 0.2) is 34.0 Å². The van der Waals surface area contributed by atoms with Crippen molar-refractivity contribution in [3.8, 4) is 0 Å². The summed E-state index contributed by atoms with van der Waals surface area (Å²) in [7, 11) is 0. The topological polar surface area (TPSA) is 75.4 Å². The number of hydrogen-bond acceptors (Lipinski definition) is 5. The molecule has 2 saturated carbocycles. The van der Waals surface area contributed by atoms with Gasteiger partial charge in [0.1, 0.15) is 18.0 Å². The van der Waals surface area contributed by atoms with Crippen LogP contribution in [0.1, 0.15) is 32.6 Å². The second kappa shape index (κ2) is 8.84. The van der Waals surface area contributed by atoms with Crippen molar-refractivity contribution in [1.82, 2.24) is 9.55 Å². The largest absolute Gasteiger partial charge is 0.480 e. The number of fused-ring (bicyclic) bond motifs is 2. The molecule has 0 bridgehead atoms. The number of carbonyl (C=O) groups is 1. The van der Waals surface area contributed by atoms with Crippen LogP contribution in [0.4, 0.5) is 5.82 Å². The Labute approximate surface area is 201 Å². The summed E-state index contributed by atoms with van der Waals surface area (Å²) in [5.41, 5.74) is 0.808. The lowest BCUT2D eigenvalue weighted by atomic mass is 9.76. The average Bonchev–Trinajstić information content (AvgIpc) is 3.58. The Hall–Kier alpha value is -2.25. The molecule has 2 aliphatic carbocycles. The zero-order valence-corrected chi connectivity index (χ0v) is 20.5. The predicted molar refractivity (Wildman–Crippen MR) is 135 cm³/mol. The Bertz CT molecular complexity index is 1300. The minimum Gasteiger partial charge on any atom is -0.480 e. The van der Waals surface area contributed by atoms with E-state index in [0.717, 1.165) is 24.8 Å². The summed E-state index contributed by atoms with van der Waals surface area (Å²) in [6, 6.07) is 7.13. The van der Waals surface area contributed by atoms with Crippen LogP contribution in [0.25, 0.3) is 21.9 Å². The maximum atomic E-state index is 13.4. The highest BCUT2D eigenvalue weighted by Crippen LogP contribution is 2.38. The lowest BCUT2D eigenvalue weighted by Gasteiger charge is -2.37. The van der Waals surface area contributed by atoms with E-state index in [1.54, 1.807) is 16.7 Å². The van der Waals surface area contributed by atoms with E-state index in [1.807, 2.05) is 18.4 Å². The third kappa shape index (κ3) is 4.33. The number of thioether (sulfide) groups is 1. The lowest BCUT2D eigenvalue weighted by molar-refractivity contribution is -0.137. The van der Waals surface area contributed by atoms with Crippen LogP contribution in [-0.2, 0) is 11.3 Å². The summed E-state index contributed by atoms with van der Waals surface area (Å²) in [4.78, 5) is 33.2. The van der Waals surface area contributed by atoms with Gasteiger partial charge in [-0.05, 0) is 74.0 Å². The molecule has 33 heavy (non-hydrogen) atoms. The highest BCUT2D eigenvalue weighted by Gasteiger charge is 2.31. The van der Waals surface area contributed by atoms with Gasteiger partial charge in [0.15, 0.2) is 5.43 Å². The summed E-state index contributed by atoms with van der Waals surface area (Å²) < 4.78 is 1.65. The minimum atomic E-state index is -0.987. The van der Waals surface area contributed by atoms with E-state index in [1.165, 1.54) is 37.4 Å². The van der Waals surface area contributed by atoms with Gasteiger partial charge in [0.05, 0.1) is 20.8 Å². The number of anilines is 1. The van der Waals surface area contributed by atoms with Crippen molar-refractivity contribution in [3.05, 3.63) is 39.5 Å². The fourth-order valence-corrected chi connectivity index (χ4v) is 6.19. The molecular formula is C25H28ClN3O3S. The molecule has 0 unspecified atom stereocenters. The number of rotatable bonds is 8. The minimum absolute atomic E-state index is 0.144. The summed E-state index contributed by atoms with van der Waals surface area (Å²) in [5, 5.41) is 11.1. The Balaban J connectivity index is 1.70. The highest BCUT2D eigenvalue weighted by atomic mass is 35.5. The quantitative estimate of drug-likeness (QED) is 0.346. The number of aromatic nitrogens is 2. The number of carboxylic acid groups (broad SMARTS) is 1. The number of halogens is 1. The summed E-state index contributed by atoms with van der Waals surface area (Å²) in [5.74, 6) is 1.97. The maximum absolute atomic E-state index is 13.4. The molecule has 8 heteroatoms. The number of aliphatic carboxylic acids is 1. The third-order valence-electron chi connectivity index (χ3n) is 6.91. The molecule has 0 aliphatic heterocycles. The standard InChI is InChI=1S/C25H28ClN3O3S/c1-14-9-16(10-14)12-28(11-15-3-4-15)20-8-6-18-23(32)17-5-7-19(26)24(33-2)22(17)29(13-21(30)31)25(18)27-20/h5-8,14-16H,3-4,9-13H2,1-2H3,(H,30,31). The van der Waals surface area contributed by atoms with Gasteiger partial charge in [0.2, 0.25) is 0 Å². The fraction of sp³-hybridized carbons (Fsp3) is 0.480. The van der Waals surface area contributed by atoms with Crippen LogP contribution >= 0.6 is 23.4 Å². The van der Waals surface area contributed by atoms with Crippen molar-refractivity contribution >= 4 is 57.1 Å². The van der Waals surface area contributed by atoms with E-state index >= 15 is 0 Å². The van der Waals surface area contributed by atoms with Crippen molar-refractivity contribution in [2.45, 2.75) is 44.0 Å². The Morgan fingerprint density at radius 2 is 1.88 bits per heavy atom. The lowest BCUT2D eigenvalue weighted by Crippen LogP contribution is -2.37. The molecule has 3 aromatic rings. The molecule has 0 amide bonds. The van der Waals surface area contributed by atoms with Crippen molar-refractivity contribution in [3.63, 3.8) is 0 Å². The molecule has 0 atom stereocenters.